The van der Waals surface area contributed by atoms with Crippen molar-refractivity contribution in [2.45, 2.75) is 25.2 Å². The van der Waals surface area contributed by atoms with Crippen LogP contribution in [0.3, 0.4) is 0 Å². The van der Waals surface area contributed by atoms with Gasteiger partial charge in [-0.05, 0) is 30.5 Å². The van der Waals surface area contributed by atoms with E-state index in [4.69, 9.17) is 14.1 Å². The molecule has 4 rings (SSSR count). The maximum Gasteiger partial charge on any atom is 0.193 e. The lowest BCUT2D eigenvalue weighted by Gasteiger charge is -2.26. The molecule has 30 heavy (non-hydrogen) atoms. The molecule has 164 valence electrons. The highest BCUT2D eigenvalue weighted by atomic mass is 16.5. The maximum atomic E-state index is 5.47. The van der Waals surface area contributed by atoms with Gasteiger partial charge in [0, 0.05) is 71.4 Å². The Hall–Kier alpha value is -2.32. The monoisotopic (exact) mass is 414 g/mol. The molecule has 8 nitrogen and oxygen atoms in total. The number of likely N-dealkylation sites (tertiary alicyclic amines) is 1. The molecule has 2 aliphatic heterocycles. The van der Waals surface area contributed by atoms with E-state index in [-0.39, 0.29) is 0 Å². The summed E-state index contributed by atoms with van der Waals surface area (Å²) in [4.78, 5) is 9.83. The Kier molecular flexibility index (Phi) is 7.42. The van der Waals surface area contributed by atoms with E-state index in [1.54, 1.807) is 6.26 Å². The van der Waals surface area contributed by atoms with E-state index >= 15 is 0 Å². The summed E-state index contributed by atoms with van der Waals surface area (Å²) in [7, 11) is 1.98. The zero-order valence-corrected chi connectivity index (χ0v) is 18.0. The molecule has 1 N–H and O–H groups in total. The molecule has 0 spiro atoms. The molecule has 2 aliphatic rings. The van der Waals surface area contributed by atoms with Gasteiger partial charge < -0.3 is 19.4 Å². The highest BCUT2D eigenvalue weighted by Crippen LogP contribution is 2.26. The molecule has 0 aliphatic carbocycles. The van der Waals surface area contributed by atoms with Gasteiger partial charge in [0.15, 0.2) is 5.96 Å². The summed E-state index contributed by atoms with van der Waals surface area (Å²) in [6, 6.07) is 3.96. The number of aliphatic imine (C=N–C) groups is 1. The van der Waals surface area contributed by atoms with Gasteiger partial charge in [0.1, 0.15) is 5.76 Å². The molecule has 2 aromatic rings. The number of furan rings is 1. The van der Waals surface area contributed by atoms with Gasteiger partial charge in [-0.2, -0.15) is 5.10 Å². The average Bonchev–Trinajstić information content (AvgIpc) is 3.52. The van der Waals surface area contributed by atoms with Gasteiger partial charge in [-0.3, -0.25) is 14.6 Å². The summed E-state index contributed by atoms with van der Waals surface area (Å²) in [5, 5.41) is 7.92. The molecule has 8 heteroatoms. The third-order valence-corrected chi connectivity index (χ3v) is 5.92. The van der Waals surface area contributed by atoms with Gasteiger partial charge in [0.05, 0.1) is 25.7 Å². The quantitative estimate of drug-likeness (QED) is 0.403. The van der Waals surface area contributed by atoms with Crippen molar-refractivity contribution < 1.29 is 9.15 Å². The number of hydrogen-bond acceptors (Lipinski definition) is 5. The highest BCUT2D eigenvalue weighted by Gasteiger charge is 2.27. The molecular weight excluding hydrogens is 380 g/mol. The molecule has 1 atom stereocenters. The van der Waals surface area contributed by atoms with Gasteiger partial charge in [0.25, 0.3) is 0 Å². The van der Waals surface area contributed by atoms with Crippen LogP contribution in [0.1, 0.15) is 30.1 Å². The van der Waals surface area contributed by atoms with Crippen LogP contribution in [0, 0.1) is 0 Å². The summed E-state index contributed by atoms with van der Waals surface area (Å²) >= 11 is 0. The molecule has 2 fully saturated rings. The largest absolute Gasteiger partial charge is 0.469 e. The van der Waals surface area contributed by atoms with Gasteiger partial charge in [-0.15, -0.1) is 0 Å². The molecule has 1 unspecified atom stereocenters. The summed E-state index contributed by atoms with van der Waals surface area (Å²) < 4.78 is 12.8. The van der Waals surface area contributed by atoms with Gasteiger partial charge in [-0.25, -0.2) is 0 Å². The first-order valence-corrected chi connectivity index (χ1v) is 11.1. The number of rotatable bonds is 8. The predicted molar refractivity (Wildman–Crippen MR) is 117 cm³/mol. The Bertz CT molecular complexity index is 781. The first-order chi connectivity index (χ1) is 14.8. The van der Waals surface area contributed by atoms with E-state index < -0.39 is 0 Å². The predicted octanol–water partition coefficient (Wildman–Crippen LogP) is 1.71. The third kappa shape index (κ3) is 5.86. The SMILES string of the molecule is Cn1cc(C2CCN(C(=NCCCN3CCOCC3)NCCc3ccco3)C2)cn1. The van der Waals surface area contributed by atoms with Crippen LogP contribution in [0.15, 0.2) is 40.2 Å². The maximum absolute atomic E-state index is 5.47. The van der Waals surface area contributed by atoms with Gasteiger partial charge in [-0.1, -0.05) is 0 Å². The number of aromatic nitrogens is 2. The van der Waals surface area contributed by atoms with Crippen molar-refractivity contribution in [3.05, 3.63) is 42.1 Å². The second kappa shape index (κ2) is 10.6. The number of morpholine rings is 1. The minimum absolute atomic E-state index is 0.518. The summed E-state index contributed by atoms with van der Waals surface area (Å²) in [6.07, 6.45) is 8.94. The van der Waals surface area contributed by atoms with E-state index in [1.807, 2.05) is 30.1 Å². The number of guanidine groups is 1. The highest BCUT2D eigenvalue weighted by molar-refractivity contribution is 5.80. The Morgan fingerprint density at radius 3 is 2.97 bits per heavy atom. The van der Waals surface area contributed by atoms with Crippen molar-refractivity contribution >= 4 is 5.96 Å². The van der Waals surface area contributed by atoms with Crippen molar-refractivity contribution in [1.82, 2.24) is 24.9 Å². The van der Waals surface area contributed by atoms with E-state index in [0.29, 0.717) is 5.92 Å². The fraction of sp³-hybridized carbons (Fsp3) is 0.636. The number of nitrogens with one attached hydrogen (secondary N) is 1. The second-order valence-corrected chi connectivity index (χ2v) is 8.15. The van der Waals surface area contributed by atoms with Crippen LogP contribution in [0.4, 0.5) is 0 Å². The van der Waals surface area contributed by atoms with Crippen LogP contribution in [0.2, 0.25) is 0 Å². The molecule has 0 bridgehead atoms. The molecule has 0 aromatic carbocycles. The number of nitrogens with zero attached hydrogens (tertiary/aromatic N) is 5. The number of hydrogen-bond donors (Lipinski definition) is 1. The lowest BCUT2D eigenvalue weighted by molar-refractivity contribution is 0.0377. The van der Waals surface area contributed by atoms with E-state index in [1.165, 1.54) is 5.56 Å². The van der Waals surface area contributed by atoms with Crippen molar-refractivity contribution in [2.75, 3.05) is 59.0 Å². The molecule has 2 saturated heterocycles. The van der Waals surface area contributed by atoms with E-state index in [9.17, 15) is 0 Å². The Labute approximate surface area is 178 Å². The molecule has 0 saturated carbocycles. The van der Waals surface area contributed by atoms with Crippen molar-refractivity contribution in [3.63, 3.8) is 0 Å². The zero-order valence-electron chi connectivity index (χ0n) is 18.0. The van der Waals surface area contributed by atoms with Crippen LogP contribution in [0.5, 0.6) is 0 Å². The summed E-state index contributed by atoms with van der Waals surface area (Å²) in [5.74, 6) is 2.54. The average molecular weight is 415 g/mol. The lowest BCUT2D eigenvalue weighted by Crippen LogP contribution is -2.41. The molecule has 0 radical (unpaired) electrons. The molecule has 4 heterocycles. The Morgan fingerprint density at radius 2 is 2.20 bits per heavy atom. The first kappa shape index (κ1) is 20.9. The normalized spacial score (nSPS) is 20.8. The minimum Gasteiger partial charge on any atom is -0.469 e. The fourth-order valence-corrected chi connectivity index (χ4v) is 4.20. The summed E-state index contributed by atoms with van der Waals surface area (Å²) in [6.45, 7) is 8.55. The Morgan fingerprint density at radius 1 is 1.30 bits per heavy atom. The number of ether oxygens (including phenoxy) is 1. The topological polar surface area (TPSA) is 71.1 Å². The first-order valence-electron chi connectivity index (χ1n) is 11.1. The molecule has 2 aromatic heterocycles. The molecular formula is C22H34N6O2. The Balaban J connectivity index is 1.31. The number of aryl methyl sites for hydroxylation is 1. The standard InChI is InChI=1S/C22H34N6O2/c1-26-17-20(16-25-26)19-6-10-28(18-19)22(24-8-5-21-4-2-13-30-21)23-7-3-9-27-11-14-29-15-12-27/h2,4,13,16-17,19H,3,5-12,14-15,18H2,1H3,(H,23,24). The van der Waals surface area contributed by atoms with Crippen molar-refractivity contribution in [2.24, 2.45) is 12.0 Å². The molecule has 0 amide bonds. The van der Waals surface area contributed by atoms with Gasteiger partial charge >= 0.3 is 0 Å². The van der Waals surface area contributed by atoms with Crippen molar-refractivity contribution in [3.8, 4) is 0 Å². The lowest BCUT2D eigenvalue weighted by atomic mass is 10.0. The second-order valence-electron chi connectivity index (χ2n) is 8.15. The van der Waals surface area contributed by atoms with Crippen molar-refractivity contribution in [1.29, 1.82) is 0 Å². The van der Waals surface area contributed by atoms with Crippen LogP contribution in [-0.4, -0.2) is 84.6 Å². The smallest absolute Gasteiger partial charge is 0.193 e. The zero-order chi connectivity index (χ0) is 20.6. The van der Waals surface area contributed by atoms with Gasteiger partial charge in [0.2, 0.25) is 0 Å². The summed E-state index contributed by atoms with van der Waals surface area (Å²) in [5.41, 5.74) is 1.32. The third-order valence-electron chi connectivity index (χ3n) is 5.92. The van der Waals surface area contributed by atoms with Crippen LogP contribution >= 0.6 is 0 Å². The fourth-order valence-electron chi connectivity index (χ4n) is 4.20. The van der Waals surface area contributed by atoms with Crippen LogP contribution in [0.25, 0.3) is 0 Å². The van der Waals surface area contributed by atoms with Crippen LogP contribution in [-0.2, 0) is 18.2 Å². The van der Waals surface area contributed by atoms with E-state index in [0.717, 1.165) is 90.0 Å². The van der Waals surface area contributed by atoms with Crippen LogP contribution < -0.4 is 5.32 Å². The van der Waals surface area contributed by atoms with E-state index in [2.05, 4.69) is 26.4 Å². The minimum atomic E-state index is 0.518.